The molecule has 1 fully saturated rings. The largest absolute Gasteiger partial charge is 0.416 e. The number of rotatable bonds is 5. The third-order valence-electron chi connectivity index (χ3n) is 5.82. The Morgan fingerprint density at radius 1 is 1.14 bits per heavy atom. The van der Waals surface area contributed by atoms with E-state index in [1.54, 1.807) is 24.5 Å². The summed E-state index contributed by atoms with van der Waals surface area (Å²) in [7, 11) is 0. The number of benzene rings is 1. The van der Waals surface area contributed by atoms with E-state index in [4.69, 9.17) is 0 Å². The van der Waals surface area contributed by atoms with Crippen LogP contribution in [-0.4, -0.2) is 52.3 Å². The van der Waals surface area contributed by atoms with E-state index >= 15 is 0 Å². The summed E-state index contributed by atoms with van der Waals surface area (Å²) in [6, 6.07) is 5.90. The van der Waals surface area contributed by atoms with Crippen molar-refractivity contribution in [3.05, 3.63) is 59.4 Å². The first-order valence-corrected chi connectivity index (χ1v) is 11.4. The molecule has 0 radical (unpaired) electrons. The summed E-state index contributed by atoms with van der Waals surface area (Å²) in [5.74, 6) is -0.248. The van der Waals surface area contributed by atoms with Crippen molar-refractivity contribution in [2.75, 3.05) is 31.1 Å². The standard InChI is InChI=1S/C24H28F3N7O/c1-23(2,3)22-31-20(32-33-22)21(35)30-13-16-5-4-15(12-18(16)24(25,26)27)17-6-7-29-14-19(17)34-10-8-28-9-11-34/h4-7,12,14,28H,8-11,13H2,1-3H3,(H,30,35)(H,31,32,33). The van der Waals surface area contributed by atoms with Gasteiger partial charge in [0.15, 0.2) is 0 Å². The van der Waals surface area contributed by atoms with Crippen molar-refractivity contribution in [3.8, 4) is 11.1 Å². The molecule has 11 heteroatoms. The number of nitrogens with zero attached hydrogens (tertiary/aromatic N) is 4. The van der Waals surface area contributed by atoms with E-state index in [9.17, 15) is 18.0 Å². The molecule has 0 aliphatic carbocycles. The van der Waals surface area contributed by atoms with Crippen molar-refractivity contribution in [3.63, 3.8) is 0 Å². The molecule has 1 aliphatic heterocycles. The number of anilines is 1. The third kappa shape index (κ3) is 5.61. The van der Waals surface area contributed by atoms with Crippen LogP contribution in [0.25, 0.3) is 11.1 Å². The summed E-state index contributed by atoms with van der Waals surface area (Å²) >= 11 is 0. The van der Waals surface area contributed by atoms with Crippen molar-refractivity contribution in [1.29, 1.82) is 0 Å². The van der Waals surface area contributed by atoms with Gasteiger partial charge in [0.25, 0.3) is 5.91 Å². The molecule has 186 valence electrons. The van der Waals surface area contributed by atoms with Gasteiger partial charge in [-0.1, -0.05) is 32.9 Å². The molecule has 1 amide bonds. The molecule has 1 aliphatic rings. The Kier molecular flexibility index (Phi) is 6.79. The normalized spacial score (nSPS) is 14.7. The topological polar surface area (TPSA) is 98.8 Å². The fourth-order valence-corrected chi connectivity index (χ4v) is 3.90. The van der Waals surface area contributed by atoms with Gasteiger partial charge in [-0.05, 0) is 23.3 Å². The Balaban J connectivity index is 1.59. The van der Waals surface area contributed by atoms with Crippen molar-refractivity contribution in [1.82, 2.24) is 30.8 Å². The number of hydrogen-bond donors (Lipinski definition) is 3. The Bertz CT molecular complexity index is 1190. The van der Waals surface area contributed by atoms with Crippen LogP contribution in [0, 0.1) is 0 Å². The number of alkyl halides is 3. The number of halogens is 3. The van der Waals surface area contributed by atoms with Crippen LogP contribution in [0.1, 0.15) is 48.3 Å². The average Bonchev–Trinajstić information content (AvgIpc) is 3.34. The minimum atomic E-state index is -4.59. The molecule has 3 N–H and O–H groups in total. The summed E-state index contributed by atoms with van der Waals surface area (Å²) < 4.78 is 42.0. The van der Waals surface area contributed by atoms with Gasteiger partial charge in [-0.2, -0.15) is 13.2 Å². The highest BCUT2D eigenvalue weighted by Gasteiger charge is 2.34. The monoisotopic (exact) mass is 487 g/mol. The molecule has 2 aromatic heterocycles. The van der Waals surface area contributed by atoms with Crippen LogP contribution < -0.4 is 15.5 Å². The van der Waals surface area contributed by atoms with E-state index in [-0.39, 0.29) is 23.3 Å². The maximum Gasteiger partial charge on any atom is 0.416 e. The minimum absolute atomic E-state index is 0.0426. The highest BCUT2D eigenvalue weighted by molar-refractivity contribution is 5.90. The van der Waals surface area contributed by atoms with Crippen LogP contribution >= 0.6 is 0 Å². The summed E-state index contributed by atoms with van der Waals surface area (Å²) in [6.45, 7) is 8.48. The van der Waals surface area contributed by atoms with Crippen molar-refractivity contribution in [2.45, 2.75) is 38.9 Å². The summed E-state index contributed by atoms with van der Waals surface area (Å²) in [5.41, 5.74) is 0.720. The number of H-pyrrole nitrogens is 1. The number of hydrogen-bond acceptors (Lipinski definition) is 6. The molecule has 0 saturated carbocycles. The number of pyridine rings is 1. The second-order valence-corrected chi connectivity index (χ2v) is 9.44. The van der Waals surface area contributed by atoms with E-state index < -0.39 is 17.6 Å². The summed E-state index contributed by atoms with van der Waals surface area (Å²) in [5, 5.41) is 12.4. The molecule has 0 bridgehead atoms. The lowest BCUT2D eigenvalue weighted by atomic mass is 9.96. The van der Waals surface area contributed by atoms with E-state index in [0.29, 0.717) is 17.0 Å². The van der Waals surface area contributed by atoms with Gasteiger partial charge in [-0.15, -0.1) is 5.10 Å². The first-order valence-electron chi connectivity index (χ1n) is 11.4. The molecule has 3 aromatic rings. The smallest absolute Gasteiger partial charge is 0.367 e. The third-order valence-corrected chi connectivity index (χ3v) is 5.82. The Morgan fingerprint density at radius 2 is 1.89 bits per heavy atom. The number of aromatic nitrogens is 4. The number of aromatic amines is 1. The fraction of sp³-hybridized carbons (Fsp3) is 0.417. The maximum absolute atomic E-state index is 14.0. The van der Waals surface area contributed by atoms with Crippen LogP contribution in [-0.2, 0) is 18.1 Å². The highest BCUT2D eigenvalue weighted by atomic mass is 19.4. The lowest BCUT2D eigenvalue weighted by Gasteiger charge is -2.31. The predicted molar refractivity (Wildman–Crippen MR) is 126 cm³/mol. The van der Waals surface area contributed by atoms with Crippen LogP contribution in [0.2, 0.25) is 0 Å². The summed E-state index contributed by atoms with van der Waals surface area (Å²) in [4.78, 5) is 22.9. The zero-order chi connectivity index (χ0) is 25.2. The summed E-state index contributed by atoms with van der Waals surface area (Å²) in [6.07, 6.45) is -1.34. The van der Waals surface area contributed by atoms with E-state index in [1.807, 2.05) is 20.8 Å². The zero-order valence-electron chi connectivity index (χ0n) is 19.8. The number of carbonyl (C=O) groups is 1. The number of nitrogens with one attached hydrogen (secondary N) is 3. The molecule has 3 heterocycles. The van der Waals surface area contributed by atoms with Crippen LogP contribution in [0.3, 0.4) is 0 Å². The second kappa shape index (κ2) is 9.65. The maximum atomic E-state index is 14.0. The first-order chi connectivity index (χ1) is 16.5. The SMILES string of the molecule is CC(C)(C)c1nc(C(=O)NCc2ccc(-c3ccncc3N3CCNCC3)cc2C(F)(F)F)n[nH]1. The molecule has 1 saturated heterocycles. The van der Waals surface area contributed by atoms with Gasteiger partial charge < -0.3 is 15.5 Å². The molecular formula is C24H28F3N7O. The lowest BCUT2D eigenvalue weighted by molar-refractivity contribution is -0.138. The molecule has 8 nitrogen and oxygen atoms in total. The molecule has 35 heavy (non-hydrogen) atoms. The Hall–Kier alpha value is -3.47. The predicted octanol–water partition coefficient (Wildman–Crippen LogP) is 3.52. The van der Waals surface area contributed by atoms with Crippen molar-refractivity contribution in [2.24, 2.45) is 0 Å². The molecule has 1 aromatic carbocycles. The van der Waals surface area contributed by atoms with Crippen LogP contribution in [0.5, 0.6) is 0 Å². The minimum Gasteiger partial charge on any atom is -0.367 e. The molecule has 0 spiro atoms. The van der Waals surface area contributed by atoms with Gasteiger partial charge in [-0.25, -0.2) is 4.98 Å². The Morgan fingerprint density at radius 3 is 2.54 bits per heavy atom. The van der Waals surface area contributed by atoms with E-state index in [0.717, 1.165) is 37.9 Å². The molecular weight excluding hydrogens is 459 g/mol. The number of carbonyl (C=O) groups excluding carboxylic acids is 1. The Labute approximate surface area is 201 Å². The van der Waals surface area contributed by atoms with Gasteiger partial charge in [0.1, 0.15) is 5.82 Å². The van der Waals surface area contributed by atoms with Gasteiger partial charge in [0.2, 0.25) is 5.82 Å². The number of amides is 1. The van der Waals surface area contributed by atoms with Gasteiger partial charge in [0.05, 0.1) is 17.4 Å². The van der Waals surface area contributed by atoms with Crippen LogP contribution in [0.15, 0.2) is 36.7 Å². The zero-order valence-corrected chi connectivity index (χ0v) is 19.8. The molecule has 0 unspecified atom stereocenters. The average molecular weight is 488 g/mol. The van der Waals surface area contributed by atoms with Gasteiger partial charge >= 0.3 is 6.18 Å². The highest BCUT2D eigenvalue weighted by Crippen LogP contribution is 2.37. The fourth-order valence-electron chi connectivity index (χ4n) is 3.90. The van der Waals surface area contributed by atoms with Gasteiger partial charge in [0, 0.05) is 49.9 Å². The van der Waals surface area contributed by atoms with E-state index in [1.165, 1.54) is 6.07 Å². The second-order valence-electron chi connectivity index (χ2n) is 9.44. The number of piperazine rings is 1. The first kappa shape index (κ1) is 24.6. The van der Waals surface area contributed by atoms with E-state index in [2.05, 4.69) is 35.7 Å². The van der Waals surface area contributed by atoms with Crippen LogP contribution in [0.4, 0.5) is 18.9 Å². The quantitative estimate of drug-likeness (QED) is 0.510. The molecule has 4 rings (SSSR count). The molecule has 0 atom stereocenters. The van der Waals surface area contributed by atoms with Crippen molar-refractivity contribution < 1.29 is 18.0 Å². The van der Waals surface area contributed by atoms with Gasteiger partial charge in [-0.3, -0.25) is 14.9 Å². The lowest BCUT2D eigenvalue weighted by Crippen LogP contribution is -2.43. The van der Waals surface area contributed by atoms with Crippen molar-refractivity contribution >= 4 is 11.6 Å².